The van der Waals surface area contributed by atoms with Gasteiger partial charge in [-0.15, -0.1) is 0 Å². The van der Waals surface area contributed by atoms with Gasteiger partial charge in [-0.25, -0.2) is 0 Å². The molecule has 0 saturated heterocycles. The molecule has 4 heteroatoms. The Balaban J connectivity index is 3.19. The highest BCUT2D eigenvalue weighted by atomic mass is 16.2. The molecule has 0 unspecified atom stereocenters. The van der Waals surface area contributed by atoms with Gasteiger partial charge in [0.15, 0.2) is 0 Å². The predicted octanol–water partition coefficient (Wildman–Crippen LogP) is 3.26. The van der Waals surface area contributed by atoms with Crippen molar-refractivity contribution in [3.8, 4) is 0 Å². The van der Waals surface area contributed by atoms with Crippen LogP contribution in [0.4, 0.5) is 0 Å². The smallest absolute Gasteiger partial charge is 0.263 e. The van der Waals surface area contributed by atoms with Crippen LogP contribution in [0, 0.1) is 11.8 Å². The van der Waals surface area contributed by atoms with Gasteiger partial charge in [0.2, 0.25) is 0 Å². The minimum absolute atomic E-state index is 0.154. The Kier molecular flexibility index (Phi) is 6.39. The fraction of sp³-hybridized carbons (Fsp3) is 0.667. The summed E-state index contributed by atoms with van der Waals surface area (Å²) in [5.74, 6) is 0.852. The van der Waals surface area contributed by atoms with Gasteiger partial charge in [0.25, 0.3) is 11.5 Å². The quantitative estimate of drug-likeness (QED) is 0.809. The van der Waals surface area contributed by atoms with E-state index >= 15 is 0 Å². The fourth-order valence-electron chi connectivity index (χ4n) is 2.68. The Hall–Kier alpha value is -1.58. The first-order valence-electron chi connectivity index (χ1n) is 8.14. The molecule has 0 saturated carbocycles. The van der Waals surface area contributed by atoms with Crippen LogP contribution >= 0.6 is 0 Å². The number of aromatic nitrogens is 1. The van der Waals surface area contributed by atoms with Crippen LogP contribution in [0.2, 0.25) is 0 Å². The van der Waals surface area contributed by atoms with Crippen LogP contribution in [0.5, 0.6) is 0 Å². The Morgan fingerprint density at radius 1 is 1.05 bits per heavy atom. The van der Waals surface area contributed by atoms with Crippen LogP contribution in [-0.4, -0.2) is 28.5 Å². The van der Waals surface area contributed by atoms with E-state index in [0.717, 1.165) is 5.69 Å². The lowest BCUT2D eigenvalue weighted by molar-refractivity contribution is 0.0712. The molecule has 1 amide bonds. The van der Waals surface area contributed by atoms with Crippen LogP contribution in [0.1, 0.15) is 63.5 Å². The summed E-state index contributed by atoms with van der Waals surface area (Å²) in [6.07, 6.45) is 0. The molecule has 0 N–H and O–H groups in total. The van der Waals surface area contributed by atoms with Crippen molar-refractivity contribution >= 4 is 5.91 Å². The van der Waals surface area contributed by atoms with Gasteiger partial charge in [-0.3, -0.25) is 9.59 Å². The Morgan fingerprint density at radius 3 is 1.95 bits per heavy atom. The topological polar surface area (TPSA) is 42.3 Å². The van der Waals surface area contributed by atoms with E-state index in [1.807, 2.05) is 19.9 Å². The average Bonchev–Trinajstić information content (AvgIpc) is 2.38. The SMILES string of the molecule is CC(C)CN(CC(C)C)C(=O)c1ccc(C(C)C)n(C)c1=O. The molecule has 0 atom stereocenters. The fourth-order valence-corrected chi connectivity index (χ4v) is 2.68. The van der Waals surface area contributed by atoms with Crippen molar-refractivity contribution in [1.82, 2.24) is 9.47 Å². The van der Waals surface area contributed by atoms with E-state index in [2.05, 4.69) is 27.7 Å². The van der Waals surface area contributed by atoms with Crippen molar-refractivity contribution in [2.24, 2.45) is 18.9 Å². The van der Waals surface area contributed by atoms with E-state index in [9.17, 15) is 9.59 Å². The molecule has 0 bridgehead atoms. The first-order valence-corrected chi connectivity index (χ1v) is 8.14. The van der Waals surface area contributed by atoms with Crippen molar-refractivity contribution in [3.63, 3.8) is 0 Å². The van der Waals surface area contributed by atoms with Crippen molar-refractivity contribution in [1.29, 1.82) is 0 Å². The molecule has 1 aromatic rings. The Morgan fingerprint density at radius 2 is 1.55 bits per heavy atom. The maximum Gasteiger partial charge on any atom is 0.263 e. The summed E-state index contributed by atoms with van der Waals surface area (Å²) in [6.45, 7) is 13.8. The van der Waals surface area contributed by atoms with E-state index in [1.54, 1.807) is 22.6 Å². The monoisotopic (exact) mass is 306 g/mol. The standard InChI is InChI=1S/C18H30N2O2/c1-12(2)10-20(11-13(3)4)18(22)15-8-9-16(14(5)6)19(7)17(15)21/h8-9,12-14H,10-11H2,1-7H3. The van der Waals surface area contributed by atoms with Crippen LogP contribution in [0.25, 0.3) is 0 Å². The molecule has 0 aliphatic heterocycles. The molecular formula is C18H30N2O2. The summed E-state index contributed by atoms with van der Waals surface area (Å²) in [5, 5.41) is 0. The Bertz CT molecular complexity index is 561. The lowest BCUT2D eigenvalue weighted by atomic mass is 10.1. The second-order valence-corrected chi connectivity index (χ2v) is 7.19. The normalized spacial score (nSPS) is 11.5. The molecule has 0 aliphatic carbocycles. The van der Waals surface area contributed by atoms with Gasteiger partial charge in [0, 0.05) is 25.8 Å². The molecule has 1 rings (SSSR count). The van der Waals surface area contributed by atoms with Gasteiger partial charge in [-0.1, -0.05) is 41.5 Å². The van der Waals surface area contributed by atoms with E-state index in [4.69, 9.17) is 0 Å². The third-order valence-corrected chi connectivity index (χ3v) is 3.62. The minimum Gasteiger partial charge on any atom is -0.338 e. The van der Waals surface area contributed by atoms with E-state index in [-0.39, 0.29) is 22.9 Å². The van der Waals surface area contributed by atoms with E-state index < -0.39 is 0 Å². The largest absolute Gasteiger partial charge is 0.338 e. The van der Waals surface area contributed by atoms with E-state index in [1.165, 1.54) is 0 Å². The molecule has 0 fully saturated rings. The third-order valence-electron chi connectivity index (χ3n) is 3.62. The second-order valence-electron chi connectivity index (χ2n) is 7.19. The maximum absolute atomic E-state index is 12.8. The number of carbonyl (C=O) groups excluding carboxylic acids is 1. The molecule has 22 heavy (non-hydrogen) atoms. The van der Waals surface area contributed by atoms with Gasteiger partial charge in [0.05, 0.1) is 0 Å². The summed E-state index contributed by atoms with van der Waals surface area (Å²) >= 11 is 0. The minimum atomic E-state index is -0.200. The van der Waals surface area contributed by atoms with Crippen molar-refractivity contribution in [2.75, 3.05) is 13.1 Å². The maximum atomic E-state index is 12.8. The van der Waals surface area contributed by atoms with Gasteiger partial charge in [0.1, 0.15) is 5.56 Å². The lowest BCUT2D eigenvalue weighted by Crippen LogP contribution is -2.40. The summed E-state index contributed by atoms with van der Waals surface area (Å²) in [7, 11) is 1.74. The molecule has 1 heterocycles. The molecule has 1 aromatic heterocycles. The van der Waals surface area contributed by atoms with Crippen LogP contribution < -0.4 is 5.56 Å². The molecule has 0 aromatic carbocycles. The molecule has 0 aliphatic rings. The number of rotatable bonds is 6. The Labute approximate surface area is 134 Å². The zero-order valence-electron chi connectivity index (χ0n) is 15.0. The molecular weight excluding hydrogens is 276 g/mol. The highest BCUT2D eigenvalue weighted by molar-refractivity contribution is 5.93. The summed E-state index contributed by atoms with van der Waals surface area (Å²) in [6, 6.07) is 3.58. The zero-order valence-corrected chi connectivity index (χ0v) is 15.0. The average molecular weight is 306 g/mol. The first-order chi connectivity index (χ1) is 10.1. The lowest BCUT2D eigenvalue weighted by Gasteiger charge is -2.26. The highest BCUT2D eigenvalue weighted by Gasteiger charge is 2.22. The van der Waals surface area contributed by atoms with Gasteiger partial charge in [-0.2, -0.15) is 0 Å². The predicted molar refractivity (Wildman–Crippen MR) is 91.4 cm³/mol. The first kappa shape index (κ1) is 18.5. The van der Waals surface area contributed by atoms with Crippen LogP contribution in [0.3, 0.4) is 0 Å². The van der Waals surface area contributed by atoms with Gasteiger partial charge >= 0.3 is 0 Å². The number of nitrogens with zero attached hydrogens (tertiary/aromatic N) is 2. The number of pyridine rings is 1. The number of hydrogen-bond acceptors (Lipinski definition) is 2. The molecule has 4 nitrogen and oxygen atoms in total. The van der Waals surface area contributed by atoms with Crippen molar-refractivity contribution in [3.05, 3.63) is 33.7 Å². The molecule has 0 spiro atoms. The van der Waals surface area contributed by atoms with E-state index in [0.29, 0.717) is 24.9 Å². The number of hydrogen-bond donors (Lipinski definition) is 0. The third kappa shape index (κ3) is 4.46. The van der Waals surface area contributed by atoms with Gasteiger partial charge < -0.3 is 9.47 Å². The van der Waals surface area contributed by atoms with Gasteiger partial charge in [-0.05, 0) is 29.9 Å². The summed E-state index contributed by atoms with van der Waals surface area (Å²) < 4.78 is 1.60. The van der Waals surface area contributed by atoms with Crippen LogP contribution in [0.15, 0.2) is 16.9 Å². The molecule has 0 radical (unpaired) electrons. The van der Waals surface area contributed by atoms with Crippen molar-refractivity contribution in [2.45, 2.75) is 47.5 Å². The van der Waals surface area contributed by atoms with Crippen LogP contribution in [-0.2, 0) is 7.05 Å². The number of amides is 1. The molecule has 124 valence electrons. The second kappa shape index (κ2) is 7.61. The van der Waals surface area contributed by atoms with Crippen molar-refractivity contribution < 1.29 is 4.79 Å². The highest BCUT2D eigenvalue weighted by Crippen LogP contribution is 2.13. The summed E-state index contributed by atoms with van der Waals surface area (Å²) in [4.78, 5) is 27.1. The number of carbonyl (C=O) groups is 1. The summed E-state index contributed by atoms with van der Waals surface area (Å²) in [5.41, 5.74) is 1.02. The zero-order chi connectivity index (χ0) is 17.0.